The summed E-state index contributed by atoms with van der Waals surface area (Å²) in [5.74, 6) is -1.55. The van der Waals surface area contributed by atoms with Crippen molar-refractivity contribution in [3.8, 4) is 23.0 Å². The number of carbonyl (C=O) groups excluding carboxylic acids is 3. The number of aromatic hydroxyl groups is 2. The highest BCUT2D eigenvalue weighted by Gasteiger charge is 2.12. The first-order valence-electron chi connectivity index (χ1n) is 12.6. The van der Waals surface area contributed by atoms with Gasteiger partial charge in [-0.1, -0.05) is 58.3 Å². The summed E-state index contributed by atoms with van der Waals surface area (Å²) in [7, 11) is 0. The number of esters is 2. The predicted molar refractivity (Wildman–Crippen MR) is 138 cm³/mol. The molecule has 0 amide bonds. The molecule has 0 saturated carbocycles. The van der Waals surface area contributed by atoms with Gasteiger partial charge in [0, 0.05) is 31.0 Å². The number of unbranched alkanes of at least 4 members (excludes halogenated alkanes) is 8. The van der Waals surface area contributed by atoms with E-state index < -0.39 is 11.8 Å². The van der Waals surface area contributed by atoms with Gasteiger partial charge in [-0.05, 0) is 42.8 Å². The molecular weight excluding hydrogens is 460 g/mol. The van der Waals surface area contributed by atoms with Gasteiger partial charge in [0.05, 0.1) is 5.56 Å². The first-order chi connectivity index (χ1) is 17.3. The highest BCUT2D eigenvalue weighted by Crippen LogP contribution is 2.28. The van der Waals surface area contributed by atoms with Gasteiger partial charge in [0.25, 0.3) is 0 Å². The third-order valence-electron chi connectivity index (χ3n) is 5.62. The van der Waals surface area contributed by atoms with Crippen LogP contribution in [0, 0.1) is 0 Å². The molecule has 0 aromatic heterocycles. The molecule has 2 N–H and O–H groups in total. The molecule has 7 nitrogen and oxygen atoms in total. The molecular formula is C29H36O7. The largest absolute Gasteiger partial charge is 0.508 e. The Hall–Kier alpha value is -3.61. The average Bonchev–Trinajstić information content (AvgIpc) is 2.82. The molecule has 0 aliphatic heterocycles. The lowest BCUT2D eigenvalue weighted by molar-refractivity contribution is -0.134. The quantitative estimate of drug-likeness (QED) is 0.0923. The number of benzene rings is 2. The Kier molecular flexibility index (Phi) is 12.2. The summed E-state index contributed by atoms with van der Waals surface area (Å²) in [6.45, 7) is 3.45. The topological polar surface area (TPSA) is 110 Å². The Morgan fingerprint density at radius 1 is 0.833 bits per heavy atom. The second kappa shape index (κ2) is 15.4. The molecule has 0 bridgehead atoms. The minimum absolute atomic E-state index is 0.0140. The molecule has 0 aliphatic carbocycles. The number of phenolic OH excluding ortho intramolecular Hbond substituents is 2. The molecule has 0 radical (unpaired) electrons. The minimum Gasteiger partial charge on any atom is -0.508 e. The second-order valence-electron chi connectivity index (χ2n) is 8.74. The molecule has 36 heavy (non-hydrogen) atoms. The summed E-state index contributed by atoms with van der Waals surface area (Å²) in [5, 5.41) is 19.2. The summed E-state index contributed by atoms with van der Waals surface area (Å²) in [5.41, 5.74) is 0.427. The molecule has 0 heterocycles. The van der Waals surface area contributed by atoms with Crippen molar-refractivity contribution < 1.29 is 34.1 Å². The molecule has 2 aromatic rings. The highest BCUT2D eigenvalue weighted by atomic mass is 16.5. The Labute approximate surface area is 212 Å². The van der Waals surface area contributed by atoms with Crippen molar-refractivity contribution in [1.82, 2.24) is 0 Å². The minimum atomic E-state index is -0.565. The van der Waals surface area contributed by atoms with Crippen LogP contribution in [0.3, 0.4) is 0 Å². The van der Waals surface area contributed by atoms with Crippen LogP contribution in [-0.4, -0.2) is 27.9 Å². The van der Waals surface area contributed by atoms with Crippen LogP contribution >= 0.6 is 0 Å². The molecule has 2 rings (SSSR count). The molecule has 2 aromatic carbocycles. The Balaban J connectivity index is 1.92. The van der Waals surface area contributed by atoms with Crippen molar-refractivity contribution >= 4 is 23.8 Å². The number of carbonyl (C=O) groups is 3. The van der Waals surface area contributed by atoms with Crippen molar-refractivity contribution in [1.29, 1.82) is 0 Å². The Bertz CT molecular complexity index is 1060. The average molecular weight is 497 g/mol. The first-order valence-corrected chi connectivity index (χ1v) is 12.6. The molecule has 0 saturated heterocycles. The summed E-state index contributed by atoms with van der Waals surface area (Å²) in [4.78, 5) is 36.2. The van der Waals surface area contributed by atoms with Crippen LogP contribution in [0.2, 0.25) is 0 Å². The van der Waals surface area contributed by atoms with E-state index in [1.54, 1.807) is 12.1 Å². The molecule has 0 atom stereocenters. The summed E-state index contributed by atoms with van der Waals surface area (Å²) in [6, 6.07) is 8.23. The van der Waals surface area contributed by atoms with Gasteiger partial charge in [0.2, 0.25) is 0 Å². The fraction of sp³-hybridized carbons (Fsp3) is 0.414. The zero-order valence-corrected chi connectivity index (χ0v) is 21.1. The van der Waals surface area contributed by atoms with Gasteiger partial charge in [-0.2, -0.15) is 0 Å². The van der Waals surface area contributed by atoms with Gasteiger partial charge in [-0.3, -0.25) is 14.4 Å². The summed E-state index contributed by atoms with van der Waals surface area (Å²) < 4.78 is 10.6. The summed E-state index contributed by atoms with van der Waals surface area (Å²) in [6.07, 6.45) is 13.4. The van der Waals surface area contributed by atoms with Crippen molar-refractivity contribution in [2.45, 2.75) is 78.1 Å². The highest BCUT2D eigenvalue weighted by molar-refractivity contribution is 6.08. The molecule has 0 unspecified atom stereocenters. The van der Waals surface area contributed by atoms with Crippen LogP contribution in [0.15, 0.2) is 42.5 Å². The van der Waals surface area contributed by atoms with E-state index >= 15 is 0 Å². The lowest BCUT2D eigenvalue weighted by atomic mass is 10.1. The fourth-order valence-electron chi connectivity index (χ4n) is 3.71. The van der Waals surface area contributed by atoms with Crippen molar-refractivity contribution in [2.75, 3.05) is 0 Å². The molecule has 194 valence electrons. The van der Waals surface area contributed by atoms with Crippen LogP contribution in [0.5, 0.6) is 23.0 Å². The monoisotopic (exact) mass is 496 g/mol. The van der Waals surface area contributed by atoms with Gasteiger partial charge >= 0.3 is 11.9 Å². The third kappa shape index (κ3) is 10.3. The lowest BCUT2D eigenvalue weighted by Crippen LogP contribution is -2.08. The molecule has 0 spiro atoms. The molecule has 7 heteroatoms. The van der Waals surface area contributed by atoms with Crippen molar-refractivity contribution in [3.63, 3.8) is 0 Å². The predicted octanol–water partition coefficient (Wildman–Crippen LogP) is 6.75. The van der Waals surface area contributed by atoms with Crippen LogP contribution in [-0.2, 0) is 9.59 Å². The van der Waals surface area contributed by atoms with Crippen LogP contribution < -0.4 is 9.47 Å². The zero-order valence-electron chi connectivity index (χ0n) is 21.1. The SMILES string of the molecule is CCCCCCCCCCCC(=O)Oc1ccc(C=CC(=O)c2ccc(O)cc2O)c(OC(C)=O)c1. The zero-order chi connectivity index (χ0) is 26.3. The molecule has 0 fully saturated rings. The number of hydrogen-bond acceptors (Lipinski definition) is 7. The van der Waals surface area contributed by atoms with Gasteiger partial charge in [-0.25, -0.2) is 0 Å². The maximum Gasteiger partial charge on any atom is 0.311 e. The van der Waals surface area contributed by atoms with Crippen LogP contribution in [0.4, 0.5) is 0 Å². The van der Waals surface area contributed by atoms with Gasteiger partial charge < -0.3 is 19.7 Å². The fourth-order valence-corrected chi connectivity index (χ4v) is 3.71. The number of rotatable bonds is 15. The van der Waals surface area contributed by atoms with E-state index in [1.165, 1.54) is 75.8 Å². The normalized spacial score (nSPS) is 10.9. The standard InChI is InChI=1S/C29H36O7/c1-3-4-5-6-7-8-9-10-11-12-29(34)36-24-16-13-22(28(20-24)35-21(2)30)14-18-26(32)25-17-15-23(31)19-27(25)33/h13-20,31,33H,3-12H2,1-2H3. The Morgan fingerprint density at radius 2 is 1.50 bits per heavy atom. The third-order valence-corrected chi connectivity index (χ3v) is 5.62. The van der Waals surface area contributed by atoms with E-state index in [9.17, 15) is 24.6 Å². The van der Waals surface area contributed by atoms with Crippen molar-refractivity contribution in [3.05, 3.63) is 53.6 Å². The number of hydrogen-bond donors (Lipinski definition) is 2. The van der Waals surface area contributed by atoms with Crippen LogP contribution in [0.25, 0.3) is 6.08 Å². The van der Waals surface area contributed by atoms with Gasteiger partial charge in [0.1, 0.15) is 23.0 Å². The van der Waals surface area contributed by atoms with E-state index in [4.69, 9.17) is 9.47 Å². The van der Waals surface area contributed by atoms with E-state index in [0.717, 1.165) is 25.3 Å². The van der Waals surface area contributed by atoms with E-state index in [1.807, 2.05) is 0 Å². The summed E-state index contributed by atoms with van der Waals surface area (Å²) >= 11 is 0. The Morgan fingerprint density at radius 3 is 2.14 bits per heavy atom. The smallest absolute Gasteiger partial charge is 0.311 e. The maximum atomic E-state index is 12.4. The number of ether oxygens (including phenoxy) is 2. The molecule has 0 aliphatic rings. The first kappa shape index (κ1) is 28.6. The van der Waals surface area contributed by atoms with Crippen LogP contribution in [0.1, 0.15) is 94.0 Å². The van der Waals surface area contributed by atoms with Crippen molar-refractivity contribution in [2.24, 2.45) is 0 Å². The van der Waals surface area contributed by atoms with Gasteiger partial charge in [-0.15, -0.1) is 0 Å². The van der Waals surface area contributed by atoms with Gasteiger partial charge in [0.15, 0.2) is 5.78 Å². The lowest BCUT2D eigenvalue weighted by Gasteiger charge is -2.10. The van der Waals surface area contributed by atoms with E-state index in [-0.39, 0.29) is 34.5 Å². The number of allylic oxidation sites excluding steroid dienone is 1. The maximum absolute atomic E-state index is 12.4. The van der Waals surface area contributed by atoms with E-state index in [2.05, 4.69) is 6.92 Å². The number of phenols is 2. The van der Waals surface area contributed by atoms with E-state index in [0.29, 0.717) is 12.0 Å². The number of ketones is 1. The second-order valence-corrected chi connectivity index (χ2v) is 8.74.